The van der Waals surface area contributed by atoms with Gasteiger partial charge in [-0.3, -0.25) is 4.79 Å². The number of amides is 1. The average Bonchev–Trinajstić information content (AvgIpc) is 2.87. The van der Waals surface area contributed by atoms with Gasteiger partial charge in [0.2, 0.25) is 0 Å². The molecule has 0 radical (unpaired) electrons. The molecule has 2 rings (SSSR count). The summed E-state index contributed by atoms with van der Waals surface area (Å²) in [5.74, 6) is 2.37. The van der Waals surface area contributed by atoms with Gasteiger partial charge in [0, 0.05) is 0 Å². The third kappa shape index (κ3) is 3.35. The van der Waals surface area contributed by atoms with Gasteiger partial charge in [0.05, 0.1) is 23.8 Å². The number of carbonyl (C=O) groups is 1. The largest absolute Gasteiger partial charge is 0.340 e. The highest BCUT2D eigenvalue weighted by Gasteiger charge is 2.21. The molecular formula is C15H18N3OS+. The topological polar surface area (TPSA) is 46.4 Å². The van der Waals surface area contributed by atoms with Crippen LogP contribution >= 0.6 is 11.3 Å². The van der Waals surface area contributed by atoms with Crippen molar-refractivity contribution in [1.29, 1.82) is 0 Å². The van der Waals surface area contributed by atoms with E-state index in [0.29, 0.717) is 6.54 Å². The SMILES string of the molecule is C#CCNC(=O)C[NH+](C)[C@@H](C)c1nc2ccccc2s1. The molecule has 0 aliphatic rings. The first-order valence-corrected chi connectivity index (χ1v) is 7.31. The number of nitrogens with zero attached hydrogens (tertiary/aromatic N) is 1. The van der Waals surface area contributed by atoms with Crippen LogP contribution in [0.2, 0.25) is 0 Å². The fraction of sp³-hybridized carbons (Fsp3) is 0.333. The number of hydrogen-bond acceptors (Lipinski definition) is 3. The Morgan fingerprint density at radius 3 is 3.00 bits per heavy atom. The molecule has 2 N–H and O–H groups in total. The van der Waals surface area contributed by atoms with Gasteiger partial charge >= 0.3 is 0 Å². The number of carbonyl (C=O) groups excluding carboxylic acids is 1. The maximum Gasteiger partial charge on any atom is 0.275 e. The molecule has 0 aliphatic heterocycles. The van der Waals surface area contributed by atoms with Gasteiger partial charge in [-0.15, -0.1) is 17.8 Å². The van der Waals surface area contributed by atoms with Crippen LogP contribution in [0.1, 0.15) is 18.0 Å². The van der Waals surface area contributed by atoms with Crippen molar-refractivity contribution in [3.8, 4) is 12.3 Å². The molecule has 20 heavy (non-hydrogen) atoms. The highest BCUT2D eigenvalue weighted by Crippen LogP contribution is 2.24. The van der Waals surface area contributed by atoms with E-state index in [1.807, 2.05) is 25.2 Å². The first-order chi connectivity index (χ1) is 9.61. The van der Waals surface area contributed by atoms with Crippen LogP contribution in [-0.2, 0) is 4.79 Å². The van der Waals surface area contributed by atoms with Crippen molar-refractivity contribution >= 4 is 27.5 Å². The smallest absolute Gasteiger partial charge is 0.275 e. The molecule has 4 nitrogen and oxygen atoms in total. The van der Waals surface area contributed by atoms with Crippen LogP contribution in [0.15, 0.2) is 24.3 Å². The van der Waals surface area contributed by atoms with E-state index in [4.69, 9.17) is 6.42 Å². The first-order valence-electron chi connectivity index (χ1n) is 6.49. The molecule has 1 aromatic heterocycles. The number of thiazole rings is 1. The Balaban J connectivity index is 2.04. The molecule has 0 saturated heterocycles. The minimum atomic E-state index is -0.0339. The number of terminal acetylenes is 1. The predicted molar refractivity (Wildman–Crippen MR) is 81.6 cm³/mol. The van der Waals surface area contributed by atoms with E-state index < -0.39 is 0 Å². The summed E-state index contributed by atoms with van der Waals surface area (Å²) >= 11 is 1.68. The number of para-hydroxylation sites is 1. The predicted octanol–water partition coefficient (Wildman–Crippen LogP) is 0.621. The Morgan fingerprint density at radius 1 is 1.55 bits per heavy atom. The quantitative estimate of drug-likeness (QED) is 0.793. The van der Waals surface area contributed by atoms with Crippen LogP contribution in [0.25, 0.3) is 10.2 Å². The van der Waals surface area contributed by atoms with Crippen LogP contribution < -0.4 is 10.2 Å². The van der Waals surface area contributed by atoms with E-state index in [0.717, 1.165) is 15.4 Å². The molecule has 2 atom stereocenters. The summed E-state index contributed by atoms with van der Waals surface area (Å²) in [6, 6.07) is 8.25. The van der Waals surface area contributed by atoms with Crippen LogP contribution in [0.3, 0.4) is 0 Å². The summed E-state index contributed by atoms with van der Waals surface area (Å²) in [5.41, 5.74) is 1.02. The number of hydrogen-bond donors (Lipinski definition) is 2. The lowest BCUT2D eigenvalue weighted by Crippen LogP contribution is -3.10. The number of likely N-dealkylation sites (N-methyl/N-ethyl adjacent to an activating group) is 1. The standard InChI is InChI=1S/C15H17N3OS/c1-4-9-16-14(19)10-18(3)11(2)15-17-12-7-5-6-8-13(12)20-15/h1,5-8,11H,9-10H2,2-3H3,(H,16,19)/p+1/t11-/m0/s1. The zero-order valence-corrected chi connectivity index (χ0v) is 12.5. The fourth-order valence-electron chi connectivity index (χ4n) is 1.90. The molecule has 0 spiro atoms. The lowest BCUT2D eigenvalue weighted by molar-refractivity contribution is -0.902. The van der Waals surface area contributed by atoms with E-state index in [-0.39, 0.29) is 18.5 Å². The van der Waals surface area contributed by atoms with Crippen molar-refractivity contribution in [3.05, 3.63) is 29.3 Å². The molecule has 0 saturated carbocycles. The second-order valence-electron chi connectivity index (χ2n) is 4.75. The van der Waals surface area contributed by atoms with Crippen molar-refractivity contribution in [1.82, 2.24) is 10.3 Å². The van der Waals surface area contributed by atoms with Gasteiger partial charge in [-0.05, 0) is 19.1 Å². The van der Waals surface area contributed by atoms with E-state index in [9.17, 15) is 4.79 Å². The van der Waals surface area contributed by atoms with Gasteiger partial charge in [-0.2, -0.15) is 0 Å². The Kier molecular flexibility index (Phi) is 4.72. The van der Waals surface area contributed by atoms with E-state index >= 15 is 0 Å². The maximum absolute atomic E-state index is 11.7. The lowest BCUT2D eigenvalue weighted by Gasteiger charge is -2.19. The Hall–Kier alpha value is -1.90. The molecule has 0 aliphatic carbocycles. The van der Waals surface area contributed by atoms with Crippen molar-refractivity contribution < 1.29 is 9.69 Å². The Morgan fingerprint density at radius 2 is 2.30 bits per heavy atom. The molecule has 0 fully saturated rings. The average molecular weight is 288 g/mol. The third-order valence-corrected chi connectivity index (χ3v) is 4.47. The normalized spacial score (nSPS) is 13.7. The lowest BCUT2D eigenvalue weighted by atomic mass is 10.3. The third-order valence-electron chi connectivity index (χ3n) is 3.25. The van der Waals surface area contributed by atoms with Gasteiger partial charge in [0.15, 0.2) is 11.6 Å². The van der Waals surface area contributed by atoms with Crippen LogP contribution in [0.5, 0.6) is 0 Å². The summed E-state index contributed by atoms with van der Waals surface area (Å²) in [5, 5.41) is 3.73. The summed E-state index contributed by atoms with van der Waals surface area (Å²) < 4.78 is 1.18. The minimum absolute atomic E-state index is 0.0339. The van der Waals surface area contributed by atoms with Crippen molar-refractivity contribution in [2.45, 2.75) is 13.0 Å². The molecule has 5 heteroatoms. The van der Waals surface area contributed by atoms with E-state index in [1.54, 1.807) is 11.3 Å². The van der Waals surface area contributed by atoms with Crippen LogP contribution in [0.4, 0.5) is 0 Å². The van der Waals surface area contributed by atoms with Gasteiger partial charge in [-0.25, -0.2) is 4.98 Å². The first kappa shape index (κ1) is 14.5. The highest BCUT2D eigenvalue weighted by molar-refractivity contribution is 7.18. The molecule has 104 valence electrons. The Labute approximate surface area is 122 Å². The number of quaternary nitrogens is 1. The second kappa shape index (κ2) is 6.51. The minimum Gasteiger partial charge on any atom is -0.340 e. The summed E-state index contributed by atoms with van der Waals surface area (Å²) in [4.78, 5) is 17.4. The monoisotopic (exact) mass is 288 g/mol. The summed E-state index contributed by atoms with van der Waals surface area (Å²) in [7, 11) is 1.99. The fourth-order valence-corrected chi connectivity index (χ4v) is 3.02. The van der Waals surface area contributed by atoms with Gasteiger partial charge in [0.25, 0.3) is 5.91 Å². The second-order valence-corrected chi connectivity index (χ2v) is 5.81. The van der Waals surface area contributed by atoms with Crippen LogP contribution in [0, 0.1) is 12.3 Å². The molecule has 1 aromatic carbocycles. The van der Waals surface area contributed by atoms with Crippen LogP contribution in [-0.4, -0.2) is 31.0 Å². The van der Waals surface area contributed by atoms with Gasteiger partial charge < -0.3 is 10.2 Å². The number of nitrogens with one attached hydrogen (secondary N) is 2. The van der Waals surface area contributed by atoms with Crippen molar-refractivity contribution in [2.24, 2.45) is 0 Å². The van der Waals surface area contributed by atoms with E-state index in [1.165, 1.54) is 4.70 Å². The van der Waals surface area contributed by atoms with Gasteiger partial charge in [-0.1, -0.05) is 18.1 Å². The number of aromatic nitrogens is 1. The van der Waals surface area contributed by atoms with E-state index in [2.05, 4.69) is 29.2 Å². The zero-order chi connectivity index (χ0) is 14.5. The zero-order valence-electron chi connectivity index (χ0n) is 11.6. The number of benzene rings is 1. The number of rotatable bonds is 5. The molecule has 1 unspecified atom stereocenters. The summed E-state index contributed by atoms with van der Waals surface area (Å²) in [6.07, 6.45) is 5.12. The van der Waals surface area contributed by atoms with Gasteiger partial charge in [0.1, 0.15) is 6.04 Å². The maximum atomic E-state index is 11.7. The van der Waals surface area contributed by atoms with Crippen molar-refractivity contribution in [2.75, 3.05) is 20.1 Å². The Bertz CT molecular complexity index is 611. The molecular weight excluding hydrogens is 270 g/mol. The molecule has 2 aromatic rings. The van der Waals surface area contributed by atoms with Crippen molar-refractivity contribution in [3.63, 3.8) is 0 Å². The summed E-state index contributed by atoms with van der Waals surface area (Å²) in [6.45, 7) is 2.75. The highest BCUT2D eigenvalue weighted by atomic mass is 32.1. The molecule has 0 bridgehead atoms. The number of fused-ring (bicyclic) bond motifs is 1. The molecule has 1 amide bonds. The molecule has 1 heterocycles.